The summed E-state index contributed by atoms with van der Waals surface area (Å²) in [4.78, 5) is 11.8. The summed E-state index contributed by atoms with van der Waals surface area (Å²) >= 11 is 0. The van der Waals surface area contributed by atoms with Gasteiger partial charge in [0.2, 0.25) is 12.7 Å². The van der Waals surface area contributed by atoms with E-state index in [0.717, 1.165) is 30.2 Å². The lowest BCUT2D eigenvalue weighted by molar-refractivity contribution is -0.120. The Morgan fingerprint density at radius 3 is 2.91 bits per heavy atom. The van der Waals surface area contributed by atoms with Crippen LogP contribution in [0.15, 0.2) is 29.8 Å². The van der Waals surface area contributed by atoms with Crippen molar-refractivity contribution in [1.29, 1.82) is 0 Å². The van der Waals surface area contributed by atoms with Gasteiger partial charge in [-0.05, 0) is 44.2 Å². The first-order valence-electron chi connectivity index (χ1n) is 8.39. The second kappa shape index (κ2) is 7.90. The van der Waals surface area contributed by atoms with Gasteiger partial charge in [0, 0.05) is 31.3 Å². The van der Waals surface area contributed by atoms with Crippen molar-refractivity contribution in [2.45, 2.75) is 38.5 Å². The summed E-state index contributed by atoms with van der Waals surface area (Å²) in [6, 6.07) is 5.71. The topological polar surface area (TPSA) is 59.6 Å². The van der Waals surface area contributed by atoms with Crippen molar-refractivity contribution in [3.05, 3.63) is 29.8 Å². The third-order valence-corrected chi connectivity index (χ3v) is 4.21. The number of nitrogens with one attached hydrogen (secondary N) is 2. The van der Waals surface area contributed by atoms with E-state index in [4.69, 9.17) is 9.47 Å². The van der Waals surface area contributed by atoms with Crippen molar-refractivity contribution < 1.29 is 14.3 Å². The second-order valence-corrected chi connectivity index (χ2v) is 5.95. The Labute approximate surface area is 137 Å². The van der Waals surface area contributed by atoms with Gasteiger partial charge in [0.15, 0.2) is 11.5 Å². The van der Waals surface area contributed by atoms with Crippen LogP contribution in [0, 0.1) is 0 Å². The highest BCUT2D eigenvalue weighted by Gasteiger charge is 2.13. The van der Waals surface area contributed by atoms with Crippen molar-refractivity contribution in [1.82, 2.24) is 5.32 Å². The van der Waals surface area contributed by atoms with Crippen LogP contribution >= 0.6 is 0 Å². The molecule has 5 nitrogen and oxygen atoms in total. The Morgan fingerprint density at radius 1 is 1.13 bits per heavy atom. The molecule has 0 aromatic heterocycles. The number of anilines is 1. The van der Waals surface area contributed by atoms with Crippen molar-refractivity contribution in [3.8, 4) is 11.5 Å². The Balaban J connectivity index is 1.32. The Bertz CT molecular complexity index is 584. The third-order valence-electron chi connectivity index (χ3n) is 4.21. The van der Waals surface area contributed by atoms with Crippen LogP contribution in [-0.2, 0) is 4.79 Å². The molecule has 0 radical (unpaired) electrons. The van der Waals surface area contributed by atoms with Crippen LogP contribution in [0.5, 0.6) is 11.5 Å². The lowest BCUT2D eigenvalue weighted by atomic mass is 9.97. The first-order valence-corrected chi connectivity index (χ1v) is 8.39. The van der Waals surface area contributed by atoms with Gasteiger partial charge < -0.3 is 20.1 Å². The average Bonchev–Trinajstić information content (AvgIpc) is 3.03. The maximum atomic E-state index is 11.8. The van der Waals surface area contributed by atoms with E-state index in [0.29, 0.717) is 13.0 Å². The highest BCUT2D eigenvalue weighted by molar-refractivity contribution is 5.76. The molecule has 2 aliphatic rings. The summed E-state index contributed by atoms with van der Waals surface area (Å²) in [5.74, 6) is 1.61. The van der Waals surface area contributed by atoms with E-state index in [2.05, 4.69) is 16.7 Å². The van der Waals surface area contributed by atoms with Crippen LogP contribution in [0.4, 0.5) is 5.69 Å². The van der Waals surface area contributed by atoms with Gasteiger partial charge in [-0.1, -0.05) is 11.6 Å². The van der Waals surface area contributed by atoms with Gasteiger partial charge in [-0.3, -0.25) is 4.79 Å². The van der Waals surface area contributed by atoms with E-state index < -0.39 is 0 Å². The Morgan fingerprint density at radius 2 is 2.04 bits per heavy atom. The van der Waals surface area contributed by atoms with E-state index in [1.807, 2.05) is 18.2 Å². The molecule has 0 saturated carbocycles. The number of amides is 1. The van der Waals surface area contributed by atoms with E-state index in [9.17, 15) is 4.79 Å². The van der Waals surface area contributed by atoms with Gasteiger partial charge in [-0.25, -0.2) is 0 Å². The fraction of sp³-hybridized carbons (Fsp3) is 0.500. The Hall–Kier alpha value is -2.17. The standard InChI is InChI=1S/C18H24N2O3/c21-18(20-10-8-14-4-2-1-3-5-14)9-11-19-15-6-7-16-17(12-15)23-13-22-16/h4,6-7,12,19H,1-3,5,8-11,13H2,(H,20,21). The van der Waals surface area contributed by atoms with Gasteiger partial charge in [0.25, 0.3) is 0 Å². The fourth-order valence-electron chi connectivity index (χ4n) is 2.91. The lowest BCUT2D eigenvalue weighted by Gasteiger charge is -2.13. The second-order valence-electron chi connectivity index (χ2n) is 5.95. The highest BCUT2D eigenvalue weighted by Crippen LogP contribution is 2.34. The number of hydrogen-bond donors (Lipinski definition) is 2. The summed E-state index contributed by atoms with van der Waals surface area (Å²) in [5.41, 5.74) is 2.43. The number of allylic oxidation sites excluding steroid dienone is 1. The van der Waals surface area contributed by atoms with Crippen LogP contribution in [-0.4, -0.2) is 25.8 Å². The summed E-state index contributed by atoms with van der Waals surface area (Å²) in [7, 11) is 0. The number of ether oxygens (including phenoxy) is 2. The van der Waals surface area contributed by atoms with Crippen LogP contribution in [0.1, 0.15) is 38.5 Å². The zero-order valence-corrected chi connectivity index (χ0v) is 13.4. The Kier molecular flexibility index (Phi) is 5.40. The molecule has 1 aliphatic carbocycles. The predicted molar refractivity (Wildman–Crippen MR) is 89.8 cm³/mol. The number of rotatable bonds is 7. The van der Waals surface area contributed by atoms with Gasteiger partial charge in [0.1, 0.15) is 0 Å². The molecular weight excluding hydrogens is 292 g/mol. The number of hydrogen-bond acceptors (Lipinski definition) is 4. The molecular formula is C18H24N2O3. The first kappa shape index (κ1) is 15.7. The molecule has 0 saturated heterocycles. The van der Waals surface area contributed by atoms with E-state index >= 15 is 0 Å². The number of carbonyl (C=O) groups is 1. The largest absolute Gasteiger partial charge is 0.454 e. The SMILES string of the molecule is O=C(CCNc1ccc2c(c1)OCO2)NCCC1=CCCCC1. The first-order chi connectivity index (χ1) is 11.3. The summed E-state index contributed by atoms with van der Waals surface area (Å²) in [5, 5.41) is 6.23. The fourth-order valence-corrected chi connectivity index (χ4v) is 2.91. The molecule has 0 spiro atoms. The number of carbonyl (C=O) groups excluding carboxylic acids is 1. The maximum absolute atomic E-state index is 11.8. The summed E-state index contributed by atoms with van der Waals surface area (Å²) < 4.78 is 10.6. The van der Waals surface area contributed by atoms with Crippen LogP contribution in [0.2, 0.25) is 0 Å². The molecule has 1 aliphatic heterocycles. The molecule has 0 fully saturated rings. The van der Waals surface area contributed by atoms with Gasteiger partial charge in [-0.15, -0.1) is 0 Å². The minimum atomic E-state index is 0.0923. The molecule has 5 heteroatoms. The molecule has 1 aromatic carbocycles. The van der Waals surface area contributed by atoms with Crippen molar-refractivity contribution >= 4 is 11.6 Å². The zero-order valence-electron chi connectivity index (χ0n) is 13.4. The molecule has 1 heterocycles. The molecule has 23 heavy (non-hydrogen) atoms. The monoisotopic (exact) mass is 316 g/mol. The minimum Gasteiger partial charge on any atom is -0.454 e. The highest BCUT2D eigenvalue weighted by atomic mass is 16.7. The molecule has 1 aromatic rings. The molecule has 0 atom stereocenters. The quantitative estimate of drug-likeness (QED) is 0.758. The van der Waals surface area contributed by atoms with Crippen LogP contribution in [0.25, 0.3) is 0 Å². The average molecular weight is 316 g/mol. The molecule has 124 valence electrons. The van der Waals surface area contributed by atoms with Crippen LogP contribution < -0.4 is 20.1 Å². The summed E-state index contributed by atoms with van der Waals surface area (Å²) in [6.45, 7) is 1.63. The van der Waals surface area contributed by atoms with Crippen LogP contribution in [0.3, 0.4) is 0 Å². The normalized spacial score (nSPS) is 15.9. The minimum absolute atomic E-state index is 0.0923. The molecule has 0 bridgehead atoms. The van der Waals surface area contributed by atoms with E-state index in [-0.39, 0.29) is 12.7 Å². The predicted octanol–water partition coefficient (Wildman–Crippen LogP) is 3.22. The number of benzene rings is 1. The van der Waals surface area contributed by atoms with Gasteiger partial charge in [-0.2, -0.15) is 0 Å². The number of fused-ring (bicyclic) bond motifs is 1. The smallest absolute Gasteiger partial charge is 0.231 e. The van der Waals surface area contributed by atoms with Crippen molar-refractivity contribution in [2.24, 2.45) is 0 Å². The molecule has 1 amide bonds. The maximum Gasteiger partial charge on any atom is 0.231 e. The van der Waals surface area contributed by atoms with E-state index in [1.54, 1.807) is 0 Å². The molecule has 3 rings (SSSR count). The summed E-state index contributed by atoms with van der Waals surface area (Å²) in [6.07, 6.45) is 8.77. The van der Waals surface area contributed by atoms with Crippen molar-refractivity contribution in [2.75, 3.05) is 25.2 Å². The van der Waals surface area contributed by atoms with Gasteiger partial charge in [0.05, 0.1) is 0 Å². The van der Waals surface area contributed by atoms with E-state index in [1.165, 1.54) is 31.3 Å². The van der Waals surface area contributed by atoms with Crippen molar-refractivity contribution in [3.63, 3.8) is 0 Å². The molecule has 2 N–H and O–H groups in total. The third kappa shape index (κ3) is 4.65. The zero-order chi connectivity index (χ0) is 15.9. The molecule has 0 unspecified atom stereocenters. The lowest BCUT2D eigenvalue weighted by Crippen LogP contribution is -2.26. The van der Waals surface area contributed by atoms with Gasteiger partial charge >= 0.3 is 0 Å².